The van der Waals surface area contributed by atoms with E-state index >= 15 is 0 Å². The van der Waals surface area contributed by atoms with Crippen molar-refractivity contribution >= 4 is 5.78 Å². The van der Waals surface area contributed by atoms with Gasteiger partial charge in [0.05, 0.1) is 12.1 Å². The second-order valence-electron chi connectivity index (χ2n) is 5.66. The smallest absolute Gasteiger partial charge is 0.138 e. The third kappa shape index (κ3) is 4.16. The highest BCUT2D eigenvalue weighted by atomic mass is 16.1. The molecule has 2 heterocycles. The Hall–Kier alpha value is -1.16. The lowest BCUT2D eigenvalue weighted by atomic mass is 9.99. The first-order chi connectivity index (χ1) is 9.19. The number of aromatic nitrogens is 2. The first kappa shape index (κ1) is 14.3. The third-order valence-electron chi connectivity index (χ3n) is 4.08. The third-order valence-corrected chi connectivity index (χ3v) is 4.08. The van der Waals surface area contributed by atoms with E-state index in [9.17, 15) is 4.79 Å². The van der Waals surface area contributed by atoms with Crippen LogP contribution in [0.15, 0.2) is 12.3 Å². The van der Waals surface area contributed by atoms with Crippen molar-refractivity contribution in [2.45, 2.75) is 52.0 Å². The fourth-order valence-electron chi connectivity index (χ4n) is 2.52. The van der Waals surface area contributed by atoms with Crippen LogP contribution in [0.25, 0.3) is 0 Å². The van der Waals surface area contributed by atoms with Crippen molar-refractivity contribution in [1.29, 1.82) is 0 Å². The highest BCUT2D eigenvalue weighted by Crippen LogP contribution is 2.15. The second-order valence-corrected chi connectivity index (χ2v) is 5.66. The van der Waals surface area contributed by atoms with Gasteiger partial charge in [-0.3, -0.25) is 9.48 Å². The summed E-state index contributed by atoms with van der Waals surface area (Å²) in [7, 11) is 0. The minimum atomic E-state index is 0.321. The van der Waals surface area contributed by atoms with Gasteiger partial charge in [-0.05, 0) is 51.3 Å². The van der Waals surface area contributed by atoms with Crippen molar-refractivity contribution in [2.75, 3.05) is 13.1 Å². The lowest BCUT2D eigenvalue weighted by Gasteiger charge is -2.08. The summed E-state index contributed by atoms with van der Waals surface area (Å²) in [6, 6.07) is 2.38. The molecular weight excluding hydrogens is 238 g/mol. The molecule has 0 aliphatic carbocycles. The van der Waals surface area contributed by atoms with E-state index in [2.05, 4.69) is 24.3 Å². The molecule has 0 radical (unpaired) electrons. The average molecular weight is 263 g/mol. The monoisotopic (exact) mass is 263 g/mol. The van der Waals surface area contributed by atoms with Gasteiger partial charge in [-0.15, -0.1) is 0 Å². The van der Waals surface area contributed by atoms with E-state index in [1.807, 2.05) is 16.9 Å². The van der Waals surface area contributed by atoms with Crippen LogP contribution in [0.1, 0.15) is 51.3 Å². The number of rotatable bonds is 7. The fraction of sp³-hybridized carbons (Fsp3) is 0.733. The van der Waals surface area contributed by atoms with E-state index in [0.29, 0.717) is 30.6 Å². The van der Waals surface area contributed by atoms with Crippen LogP contribution in [0.4, 0.5) is 0 Å². The Morgan fingerprint density at radius 2 is 2.47 bits per heavy atom. The lowest BCUT2D eigenvalue weighted by molar-refractivity contribution is -0.118. The van der Waals surface area contributed by atoms with Crippen LogP contribution in [0.3, 0.4) is 0 Å². The zero-order chi connectivity index (χ0) is 13.7. The molecule has 4 heteroatoms. The van der Waals surface area contributed by atoms with Gasteiger partial charge < -0.3 is 5.32 Å². The molecule has 2 unspecified atom stereocenters. The molecule has 106 valence electrons. The number of hydrogen-bond acceptors (Lipinski definition) is 3. The van der Waals surface area contributed by atoms with E-state index in [0.717, 1.165) is 31.6 Å². The van der Waals surface area contributed by atoms with Gasteiger partial charge in [0.15, 0.2) is 0 Å². The van der Waals surface area contributed by atoms with Crippen molar-refractivity contribution in [3.05, 3.63) is 18.0 Å². The normalized spacial score (nSPS) is 20.6. The van der Waals surface area contributed by atoms with Gasteiger partial charge in [-0.25, -0.2) is 0 Å². The standard InChI is InChI=1S/C15H25N3O/c1-3-12(2)18-9-7-14(17-18)10-15(19)5-4-13-6-8-16-11-13/h7,9,12-13,16H,3-6,8,10-11H2,1-2H3. The SMILES string of the molecule is CCC(C)n1ccc(CC(=O)CCC2CCNC2)n1. The maximum Gasteiger partial charge on any atom is 0.138 e. The Labute approximate surface area is 115 Å². The molecule has 0 bridgehead atoms. The number of Topliss-reactive ketones (excluding diaryl/α,β-unsaturated/α-hetero) is 1. The summed E-state index contributed by atoms with van der Waals surface area (Å²) in [4.78, 5) is 11.9. The molecule has 19 heavy (non-hydrogen) atoms. The first-order valence-electron chi connectivity index (χ1n) is 7.45. The van der Waals surface area contributed by atoms with Gasteiger partial charge in [0.25, 0.3) is 0 Å². The zero-order valence-electron chi connectivity index (χ0n) is 12.1. The largest absolute Gasteiger partial charge is 0.316 e. The second kappa shape index (κ2) is 6.85. The Morgan fingerprint density at radius 1 is 1.63 bits per heavy atom. The average Bonchev–Trinajstić information content (AvgIpc) is 3.06. The Kier molecular flexibility index (Phi) is 5.14. The minimum Gasteiger partial charge on any atom is -0.316 e. The van der Waals surface area contributed by atoms with Crippen LogP contribution in [0.5, 0.6) is 0 Å². The maximum atomic E-state index is 11.9. The quantitative estimate of drug-likeness (QED) is 0.821. The molecule has 1 fully saturated rings. The van der Waals surface area contributed by atoms with Gasteiger partial charge in [0, 0.05) is 18.7 Å². The van der Waals surface area contributed by atoms with Crippen LogP contribution in [-0.2, 0) is 11.2 Å². The molecule has 0 saturated carbocycles. The number of carbonyl (C=O) groups is 1. The van der Waals surface area contributed by atoms with Gasteiger partial charge >= 0.3 is 0 Å². The van der Waals surface area contributed by atoms with E-state index in [1.165, 1.54) is 6.42 Å². The number of ketones is 1. The molecule has 2 rings (SSSR count). The van der Waals surface area contributed by atoms with Gasteiger partial charge in [-0.1, -0.05) is 6.92 Å². The summed E-state index contributed by atoms with van der Waals surface area (Å²) in [5, 5.41) is 7.83. The molecular formula is C15H25N3O. The maximum absolute atomic E-state index is 11.9. The molecule has 4 nitrogen and oxygen atoms in total. The molecule has 1 aliphatic heterocycles. The summed E-state index contributed by atoms with van der Waals surface area (Å²) < 4.78 is 1.96. The van der Waals surface area contributed by atoms with Crippen LogP contribution < -0.4 is 5.32 Å². The van der Waals surface area contributed by atoms with E-state index in [1.54, 1.807) is 0 Å². The predicted octanol–water partition coefficient (Wildman–Crippen LogP) is 2.36. The molecule has 1 N–H and O–H groups in total. The first-order valence-corrected chi connectivity index (χ1v) is 7.45. The van der Waals surface area contributed by atoms with Crippen LogP contribution >= 0.6 is 0 Å². The number of nitrogens with zero attached hydrogens (tertiary/aromatic N) is 2. The van der Waals surface area contributed by atoms with Gasteiger partial charge in [-0.2, -0.15) is 5.10 Å². The van der Waals surface area contributed by atoms with Crippen molar-refractivity contribution in [3.8, 4) is 0 Å². The fourth-order valence-corrected chi connectivity index (χ4v) is 2.52. The Morgan fingerprint density at radius 3 is 3.16 bits per heavy atom. The summed E-state index contributed by atoms with van der Waals surface area (Å²) in [6.45, 7) is 6.48. The Balaban J connectivity index is 1.76. The van der Waals surface area contributed by atoms with E-state index in [-0.39, 0.29) is 0 Å². The number of hydrogen-bond donors (Lipinski definition) is 1. The highest BCUT2D eigenvalue weighted by Gasteiger charge is 2.16. The van der Waals surface area contributed by atoms with Crippen molar-refractivity contribution in [1.82, 2.24) is 15.1 Å². The zero-order valence-corrected chi connectivity index (χ0v) is 12.1. The molecule has 2 atom stereocenters. The van der Waals surface area contributed by atoms with Crippen molar-refractivity contribution in [3.63, 3.8) is 0 Å². The number of nitrogens with one attached hydrogen (secondary N) is 1. The molecule has 0 aromatic carbocycles. The van der Waals surface area contributed by atoms with Crippen LogP contribution in [0.2, 0.25) is 0 Å². The van der Waals surface area contributed by atoms with Crippen molar-refractivity contribution < 1.29 is 4.79 Å². The van der Waals surface area contributed by atoms with Crippen molar-refractivity contribution in [2.24, 2.45) is 5.92 Å². The topological polar surface area (TPSA) is 46.9 Å². The summed E-state index contributed by atoms with van der Waals surface area (Å²) in [5.74, 6) is 1.02. The van der Waals surface area contributed by atoms with Gasteiger partial charge in [0.2, 0.25) is 0 Å². The summed E-state index contributed by atoms with van der Waals surface area (Å²) in [5.41, 5.74) is 0.912. The van der Waals surface area contributed by atoms with Crippen LogP contribution in [-0.4, -0.2) is 28.7 Å². The molecule has 1 aromatic rings. The van der Waals surface area contributed by atoms with E-state index in [4.69, 9.17) is 0 Å². The molecule has 1 saturated heterocycles. The molecule has 1 aliphatic rings. The van der Waals surface area contributed by atoms with E-state index < -0.39 is 0 Å². The molecule has 0 amide bonds. The lowest BCUT2D eigenvalue weighted by Crippen LogP contribution is -2.11. The van der Waals surface area contributed by atoms with Gasteiger partial charge in [0.1, 0.15) is 5.78 Å². The Bertz CT molecular complexity index is 407. The minimum absolute atomic E-state index is 0.321. The highest BCUT2D eigenvalue weighted by molar-refractivity contribution is 5.80. The van der Waals surface area contributed by atoms with Crippen LogP contribution in [0, 0.1) is 5.92 Å². The predicted molar refractivity (Wildman–Crippen MR) is 76.2 cm³/mol. The molecule has 0 spiro atoms. The summed E-state index contributed by atoms with van der Waals surface area (Å²) >= 11 is 0. The summed E-state index contributed by atoms with van der Waals surface area (Å²) in [6.07, 6.45) is 6.47. The number of carbonyl (C=O) groups excluding carboxylic acids is 1. The molecule has 1 aromatic heterocycles.